The van der Waals surface area contributed by atoms with Gasteiger partial charge in [-0.25, -0.2) is 0 Å². The number of halogens is 1. The van der Waals surface area contributed by atoms with E-state index >= 15 is 0 Å². The Morgan fingerprint density at radius 2 is 1.86 bits per heavy atom. The van der Waals surface area contributed by atoms with Gasteiger partial charge in [0.15, 0.2) is 0 Å². The summed E-state index contributed by atoms with van der Waals surface area (Å²) in [6, 6.07) is 7.04. The smallest absolute Gasteiger partial charge is 0.279 e. The molecule has 0 aromatic heterocycles. The molecule has 0 radical (unpaired) electrons. The molecule has 1 fully saturated rings. The molecule has 0 atom stereocenters. The van der Waals surface area contributed by atoms with Crippen molar-refractivity contribution in [2.24, 2.45) is 0 Å². The first kappa shape index (κ1) is 16.7. The summed E-state index contributed by atoms with van der Waals surface area (Å²) in [5, 5.41) is 10.8. The molecule has 1 saturated carbocycles. The molecule has 1 aliphatic carbocycles. The number of nitrogens with one attached hydrogen (secondary N) is 1. The van der Waals surface area contributed by atoms with Crippen LogP contribution in [0.3, 0.4) is 0 Å². The molecule has 7 heteroatoms. The molecule has 1 aliphatic rings. The van der Waals surface area contributed by atoms with Crippen molar-refractivity contribution >= 4 is 21.8 Å². The van der Waals surface area contributed by atoms with E-state index in [0.29, 0.717) is 17.9 Å². The van der Waals surface area contributed by atoms with Crippen LogP contribution < -0.4 is 4.72 Å². The van der Waals surface area contributed by atoms with E-state index in [1.54, 1.807) is 24.3 Å². The van der Waals surface area contributed by atoms with Crippen molar-refractivity contribution in [2.75, 3.05) is 13.6 Å². The van der Waals surface area contributed by atoms with Crippen molar-refractivity contribution in [2.45, 2.75) is 37.8 Å². The number of hydrogen-bond donors (Lipinski definition) is 2. The van der Waals surface area contributed by atoms with E-state index in [1.807, 2.05) is 0 Å². The third-order valence-electron chi connectivity index (χ3n) is 3.85. The normalized spacial score (nSPS) is 18.3. The first-order valence-corrected chi connectivity index (χ1v) is 8.80. The Hall–Kier alpha value is -0.660. The molecule has 21 heavy (non-hydrogen) atoms. The van der Waals surface area contributed by atoms with Crippen molar-refractivity contribution in [1.82, 2.24) is 9.03 Å². The van der Waals surface area contributed by atoms with Gasteiger partial charge in [-0.2, -0.15) is 17.4 Å². The third kappa shape index (κ3) is 4.66. The second-order valence-corrected chi connectivity index (χ2v) is 7.94. The summed E-state index contributed by atoms with van der Waals surface area (Å²) in [6.07, 6.45) is 3.19. The van der Waals surface area contributed by atoms with E-state index in [-0.39, 0.29) is 13.1 Å². The Morgan fingerprint density at radius 3 is 2.43 bits per heavy atom. The molecule has 0 unspecified atom stereocenters. The molecule has 118 valence electrons. The van der Waals surface area contributed by atoms with Gasteiger partial charge >= 0.3 is 0 Å². The van der Waals surface area contributed by atoms with Crippen LogP contribution in [0.15, 0.2) is 24.3 Å². The van der Waals surface area contributed by atoms with Crippen LogP contribution in [0.25, 0.3) is 0 Å². The maximum absolute atomic E-state index is 12.2. The van der Waals surface area contributed by atoms with Crippen molar-refractivity contribution in [3.63, 3.8) is 0 Å². The molecule has 1 aromatic rings. The lowest BCUT2D eigenvalue weighted by molar-refractivity contribution is 0.0528. The Labute approximate surface area is 131 Å². The minimum absolute atomic E-state index is 0.0697. The Bertz CT molecular complexity index is 568. The molecule has 2 rings (SSSR count). The summed E-state index contributed by atoms with van der Waals surface area (Å²) in [5.74, 6) is 0. The van der Waals surface area contributed by atoms with E-state index in [2.05, 4.69) is 4.72 Å². The molecule has 0 bridgehead atoms. The number of aliphatic hydroxyl groups is 1. The molecule has 0 heterocycles. The van der Waals surface area contributed by atoms with Gasteiger partial charge in [0, 0.05) is 25.2 Å². The highest BCUT2D eigenvalue weighted by Gasteiger charge is 2.33. The molecule has 5 nitrogen and oxygen atoms in total. The number of hydrogen-bond acceptors (Lipinski definition) is 3. The number of benzene rings is 1. The standard InChI is InChI=1S/C14H21ClN2O3S/c1-17(10-12-4-6-13(15)7-5-12)21(19,20)16-11-14(18)8-2-3-9-14/h4-7,16,18H,2-3,8-11H2,1H3. The predicted octanol–water partition coefficient (Wildman–Crippen LogP) is 1.91. The molecule has 0 saturated heterocycles. The van der Waals surface area contributed by atoms with Crippen LogP contribution in [-0.4, -0.2) is 37.0 Å². The lowest BCUT2D eigenvalue weighted by Crippen LogP contribution is -2.45. The van der Waals surface area contributed by atoms with E-state index in [4.69, 9.17) is 11.6 Å². The second kappa shape index (κ2) is 6.62. The molecule has 2 N–H and O–H groups in total. The van der Waals surface area contributed by atoms with Gasteiger partial charge in [0.1, 0.15) is 0 Å². The zero-order valence-electron chi connectivity index (χ0n) is 12.0. The quantitative estimate of drug-likeness (QED) is 0.836. The third-order valence-corrected chi connectivity index (χ3v) is 5.56. The van der Waals surface area contributed by atoms with E-state index in [0.717, 1.165) is 18.4 Å². The SMILES string of the molecule is CN(Cc1ccc(Cl)cc1)S(=O)(=O)NCC1(O)CCCC1. The summed E-state index contributed by atoms with van der Waals surface area (Å²) < 4.78 is 28.1. The highest BCUT2D eigenvalue weighted by atomic mass is 35.5. The molecule has 0 spiro atoms. The van der Waals surface area contributed by atoms with Crippen molar-refractivity contribution in [1.29, 1.82) is 0 Å². The number of rotatable bonds is 6. The minimum atomic E-state index is -3.60. The summed E-state index contributed by atoms with van der Waals surface area (Å²) in [4.78, 5) is 0. The number of nitrogens with zero attached hydrogens (tertiary/aromatic N) is 1. The lowest BCUT2D eigenvalue weighted by atomic mass is 10.0. The maximum atomic E-state index is 12.2. The van der Waals surface area contributed by atoms with Gasteiger partial charge in [0.05, 0.1) is 5.60 Å². The Kier molecular flexibility index (Phi) is 5.27. The fraction of sp³-hybridized carbons (Fsp3) is 0.571. The van der Waals surface area contributed by atoms with Gasteiger partial charge in [-0.15, -0.1) is 0 Å². The zero-order chi connectivity index (χ0) is 15.5. The second-order valence-electron chi connectivity index (χ2n) is 5.64. The average Bonchev–Trinajstić information content (AvgIpc) is 2.87. The van der Waals surface area contributed by atoms with Crippen LogP contribution in [0, 0.1) is 0 Å². The van der Waals surface area contributed by atoms with Gasteiger partial charge < -0.3 is 5.11 Å². The fourth-order valence-electron chi connectivity index (χ4n) is 2.48. The summed E-state index contributed by atoms with van der Waals surface area (Å²) in [6.45, 7) is 0.325. The molecular formula is C14H21ClN2O3S. The highest BCUT2D eigenvalue weighted by Crippen LogP contribution is 2.28. The Morgan fingerprint density at radius 1 is 1.29 bits per heavy atom. The van der Waals surface area contributed by atoms with Gasteiger partial charge in [0.2, 0.25) is 0 Å². The largest absolute Gasteiger partial charge is 0.389 e. The maximum Gasteiger partial charge on any atom is 0.279 e. The van der Waals surface area contributed by atoms with Crippen molar-refractivity contribution in [3.05, 3.63) is 34.9 Å². The topological polar surface area (TPSA) is 69.6 Å². The lowest BCUT2D eigenvalue weighted by Gasteiger charge is -2.24. The molecule has 1 aromatic carbocycles. The van der Waals surface area contributed by atoms with Crippen molar-refractivity contribution < 1.29 is 13.5 Å². The van der Waals surface area contributed by atoms with Crippen LogP contribution in [0.1, 0.15) is 31.2 Å². The van der Waals surface area contributed by atoms with Crippen LogP contribution in [0.2, 0.25) is 5.02 Å². The van der Waals surface area contributed by atoms with Crippen LogP contribution in [0.4, 0.5) is 0 Å². The fourth-order valence-corrected chi connectivity index (χ4v) is 3.59. The Balaban J connectivity index is 1.93. The van der Waals surface area contributed by atoms with Gasteiger partial charge in [0.25, 0.3) is 10.2 Å². The highest BCUT2D eigenvalue weighted by molar-refractivity contribution is 7.87. The summed E-state index contributed by atoms with van der Waals surface area (Å²) in [7, 11) is -2.09. The van der Waals surface area contributed by atoms with Crippen molar-refractivity contribution in [3.8, 4) is 0 Å². The van der Waals surface area contributed by atoms with E-state index in [1.165, 1.54) is 11.4 Å². The van der Waals surface area contributed by atoms with Crippen LogP contribution in [-0.2, 0) is 16.8 Å². The zero-order valence-corrected chi connectivity index (χ0v) is 13.6. The average molecular weight is 333 g/mol. The van der Waals surface area contributed by atoms with E-state index in [9.17, 15) is 13.5 Å². The molecule has 0 amide bonds. The summed E-state index contributed by atoms with van der Waals surface area (Å²) in [5.41, 5.74) is -0.0411. The summed E-state index contributed by atoms with van der Waals surface area (Å²) >= 11 is 5.80. The van der Waals surface area contributed by atoms with Crippen LogP contribution in [0.5, 0.6) is 0 Å². The first-order valence-electron chi connectivity index (χ1n) is 6.99. The monoisotopic (exact) mass is 332 g/mol. The van der Waals surface area contributed by atoms with Gasteiger partial charge in [-0.1, -0.05) is 36.6 Å². The predicted molar refractivity (Wildman–Crippen MR) is 83.3 cm³/mol. The minimum Gasteiger partial charge on any atom is -0.389 e. The van der Waals surface area contributed by atoms with Crippen LogP contribution >= 0.6 is 11.6 Å². The molecular weight excluding hydrogens is 312 g/mol. The van der Waals surface area contributed by atoms with E-state index < -0.39 is 15.8 Å². The molecule has 0 aliphatic heterocycles. The first-order chi connectivity index (χ1) is 9.81. The van der Waals surface area contributed by atoms with Gasteiger partial charge in [-0.05, 0) is 30.5 Å². The van der Waals surface area contributed by atoms with Gasteiger partial charge in [-0.3, -0.25) is 0 Å².